The molecule has 0 atom stereocenters. The van der Waals surface area contributed by atoms with E-state index in [1.165, 1.54) is 16.0 Å². The van der Waals surface area contributed by atoms with Gasteiger partial charge in [-0.1, -0.05) is 97.1 Å². The molecule has 4 aromatic carbocycles. The number of likely N-dealkylation sites (N-methyl/N-ethyl adjacent to an activating group) is 1. The van der Waals surface area contributed by atoms with Crippen LogP contribution < -0.4 is 0 Å². The lowest BCUT2D eigenvalue weighted by atomic mass is 9.93. The Kier molecular flexibility index (Phi) is 6.16. The Balaban J connectivity index is 1.51. The zero-order chi connectivity index (χ0) is 29.0. The maximum absolute atomic E-state index is 14.0. The molecule has 206 valence electrons. The van der Waals surface area contributed by atoms with Gasteiger partial charge in [0.25, 0.3) is 11.8 Å². The second kappa shape index (κ2) is 10.0. The predicted molar refractivity (Wildman–Crippen MR) is 169 cm³/mol. The van der Waals surface area contributed by atoms with Gasteiger partial charge in [-0.2, -0.15) is 0 Å². The third-order valence-corrected chi connectivity index (χ3v) is 8.62. The van der Waals surface area contributed by atoms with E-state index in [2.05, 4.69) is 71.5 Å². The number of nitrogens with zero attached hydrogens (tertiary/aromatic N) is 3. The van der Waals surface area contributed by atoms with E-state index < -0.39 is 0 Å². The lowest BCUT2D eigenvalue weighted by molar-refractivity contribution is -0.134. The van der Waals surface area contributed by atoms with E-state index in [0.29, 0.717) is 24.2 Å². The Morgan fingerprint density at radius 2 is 0.857 bits per heavy atom. The second-order valence-corrected chi connectivity index (χ2v) is 11.0. The van der Waals surface area contributed by atoms with Crippen molar-refractivity contribution in [1.29, 1.82) is 0 Å². The van der Waals surface area contributed by atoms with Crippen LogP contribution in [0.3, 0.4) is 0 Å². The fourth-order valence-electron chi connectivity index (χ4n) is 6.54. The van der Waals surface area contributed by atoms with E-state index in [1.54, 1.807) is 7.05 Å². The van der Waals surface area contributed by atoms with Gasteiger partial charge in [0.05, 0.1) is 11.1 Å². The molecule has 0 saturated heterocycles. The van der Waals surface area contributed by atoms with Crippen molar-refractivity contribution in [1.82, 2.24) is 14.0 Å². The fourth-order valence-corrected chi connectivity index (χ4v) is 6.54. The number of para-hydroxylation sites is 2. The van der Waals surface area contributed by atoms with Crippen molar-refractivity contribution in [3.63, 3.8) is 0 Å². The van der Waals surface area contributed by atoms with E-state index in [4.69, 9.17) is 0 Å². The molecule has 42 heavy (non-hydrogen) atoms. The van der Waals surface area contributed by atoms with Crippen LogP contribution in [0.5, 0.6) is 0 Å². The van der Waals surface area contributed by atoms with Gasteiger partial charge in [0, 0.05) is 64.5 Å². The summed E-state index contributed by atoms with van der Waals surface area (Å²) < 4.78 is 4.51. The molecule has 5 nitrogen and oxygen atoms in total. The average molecular weight is 550 g/mol. The molecule has 0 spiro atoms. The van der Waals surface area contributed by atoms with Crippen LogP contribution in [-0.4, -0.2) is 32.9 Å². The Hall–Kier alpha value is -5.16. The summed E-state index contributed by atoms with van der Waals surface area (Å²) in [5, 5.41) is 1.95. The summed E-state index contributed by atoms with van der Waals surface area (Å²) in [5.41, 5.74) is 8.99. The summed E-state index contributed by atoms with van der Waals surface area (Å²) in [7, 11) is 1.59. The summed E-state index contributed by atoms with van der Waals surface area (Å²) in [6.07, 6.45) is 0. The summed E-state index contributed by atoms with van der Waals surface area (Å²) in [5.74, 6) is -0.528. The highest BCUT2D eigenvalue weighted by Gasteiger charge is 2.41. The van der Waals surface area contributed by atoms with Crippen LogP contribution in [0.25, 0.3) is 33.0 Å². The van der Waals surface area contributed by atoms with Crippen LogP contribution in [0.1, 0.15) is 33.6 Å². The summed E-state index contributed by atoms with van der Waals surface area (Å²) in [4.78, 5) is 29.4. The van der Waals surface area contributed by atoms with Crippen LogP contribution in [0.4, 0.5) is 0 Å². The molecule has 5 heteroatoms. The van der Waals surface area contributed by atoms with Gasteiger partial charge in [0.1, 0.15) is 0 Å². The highest BCUT2D eigenvalue weighted by molar-refractivity contribution is 6.50. The normalized spacial score (nSPS) is 13.7. The summed E-state index contributed by atoms with van der Waals surface area (Å²) in [6.45, 7) is 5.46. The van der Waals surface area contributed by atoms with Gasteiger partial charge < -0.3 is 9.13 Å². The molecule has 2 aromatic heterocycles. The predicted octanol–water partition coefficient (Wildman–Crippen LogP) is 7.22. The molecule has 7 rings (SSSR count). The monoisotopic (exact) mass is 549 g/mol. The van der Waals surface area contributed by atoms with E-state index in [1.807, 2.05) is 60.7 Å². The molecule has 3 heterocycles. The van der Waals surface area contributed by atoms with Gasteiger partial charge >= 0.3 is 0 Å². The van der Waals surface area contributed by atoms with E-state index in [9.17, 15) is 9.59 Å². The third kappa shape index (κ3) is 3.92. The number of imide groups is 1. The van der Waals surface area contributed by atoms with Gasteiger partial charge in [0.2, 0.25) is 0 Å². The molecule has 1 aliphatic rings. The molecule has 0 aliphatic carbocycles. The number of rotatable bonds is 6. The van der Waals surface area contributed by atoms with Crippen molar-refractivity contribution in [3.05, 3.63) is 143 Å². The number of amides is 2. The van der Waals surface area contributed by atoms with Gasteiger partial charge in [-0.3, -0.25) is 14.5 Å². The van der Waals surface area contributed by atoms with Crippen LogP contribution in [0.15, 0.2) is 109 Å². The smallest absolute Gasteiger partial charge is 0.262 e. The first-order chi connectivity index (χ1) is 20.5. The van der Waals surface area contributed by atoms with Crippen molar-refractivity contribution in [2.24, 2.45) is 0 Å². The van der Waals surface area contributed by atoms with Crippen molar-refractivity contribution in [2.75, 3.05) is 7.05 Å². The van der Waals surface area contributed by atoms with Crippen LogP contribution in [0, 0.1) is 13.8 Å². The first kappa shape index (κ1) is 25.8. The highest BCUT2D eigenvalue weighted by Crippen LogP contribution is 2.44. The molecule has 0 unspecified atom stereocenters. The van der Waals surface area contributed by atoms with Gasteiger partial charge in [-0.15, -0.1) is 0 Å². The number of fused-ring (bicyclic) bond motifs is 2. The Bertz CT molecular complexity index is 1900. The highest BCUT2D eigenvalue weighted by atomic mass is 16.2. The molecular formula is C37H31N3O2. The van der Waals surface area contributed by atoms with E-state index in [-0.39, 0.29) is 11.8 Å². The van der Waals surface area contributed by atoms with Gasteiger partial charge in [0.15, 0.2) is 0 Å². The lowest BCUT2D eigenvalue weighted by Crippen LogP contribution is -2.26. The van der Waals surface area contributed by atoms with Crippen LogP contribution >= 0.6 is 0 Å². The maximum atomic E-state index is 14.0. The molecule has 0 saturated carbocycles. The zero-order valence-corrected chi connectivity index (χ0v) is 24.0. The number of carbonyl (C=O) groups is 2. The number of aromatic nitrogens is 2. The van der Waals surface area contributed by atoms with E-state index >= 15 is 0 Å². The molecule has 0 fully saturated rings. The largest absolute Gasteiger partial charge is 0.340 e. The quantitative estimate of drug-likeness (QED) is 0.206. The SMILES string of the molecule is Cc1c(C2=C(c3c(C)n(Cc4ccccc4)c4ccccc34)C(=O)N(C)C2=O)c2ccccc2n1Cc1ccccc1. The van der Waals surface area contributed by atoms with Crippen molar-refractivity contribution < 1.29 is 9.59 Å². The van der Waals surface area contributed by atoms with Crippen molar-refractivity contribution in [3.8, 4) is 0 Å². The van der Waals surface area contributed by atoms with Crippen LogP contribution in [-0.2, 0) is 22.7 Å². The molecule has 6 aromatic rings. The second-order valence-electron chi connectivity index (χ2n) is 11.0. The van der Waals surface area contributed by atoms with E-state index in [0.717, 1.165) is 44.3 Å². The minimum atomic E-state index is -0.264. The van der Waals surface area contributed by atoms with Crippen molar-refractivity contribution >= 4 is 44.8 Å². The molecule has 0 radical (unpaired) electrons. The lowest BCUT2D eigenvalue weighted by Gasteiger charge is -2.11. The topological polar surface area (TPSA) is 47.2 Å². The zero-order valence-electron chi connectivity index (χ0n) is 24.0. The third-order valence-electron chi connectivity index (χ3n) is 8.62. The summed E-state index contributed by atoms with van der Waals surface area (Å²) >= 11 is 0. The van der Waals surface area contributed by atoms with Gasteiger partial charge in [-0.25, -0.2) is 0 Å². The number of carbonyl (C=O) groups excluding carboxylic acids is 2. The minimum absolute atomic E-state index is 0.264. The molecule has 1 aliphatic heterocycles. The number of hydrogen-bond acceptors (Lipinski definition) is 2. The number of hydrogen-bond donors (Lipinski definition) is 0. The average Bonchev–Trinajstić information content (AvgIpc) is 3.53. The maximum Gasteiger partial charge on any atom is 0.262 e. The minimum Gasteiger partial charge on any atom is -0.340 e. The standard InChI is InChI=1S/C37H31N3O2/c1-24-32(28-18-10-12-20-30(28)39(24)22-26-14-6-4-7-15-26)34-35(37(42)38(3)36(34)41)33-25(2)40(23-27-16-8-5-9-17-27)31-21-13-11-19-29(31)33/h4-21H,22-23H2,1-3H3. The van der Waals surface area contributed by atoms with Crippen molar-refractivity contribution in [2.45, 2.75) is 26.9 Å². The van der Waals surface area contributed by atoms with Gasteiger partial charge in [-0.05, 0) is 37.1 Å². The molecule has 0 N–H and O–H groups in total. The first-order valence-corrected chi connectivity index (χ1v) is 14.3. The molecule has 0 bridgehead atoms. The Labute approximate surface area is 244 Å². The van der Waals surface area contributed by atoms with Crippen LogP contribution in [0.2, 0.25) is 0 Å². The fraction of sp³-hybridized carbons (Fsp3) is 0.135. The first-order valence-electron chi connectivity index (χ1n) is 14.3. The Morgan fingerprint density at radius 3 is 1.26 bits per heavy atom. The number of benzene rings is 4. The summed E-state index contributed by atoms with van der Waals surface area (Å²) in [6, 6.07) is 37.0. The molecule has 2 amide bonds. The Morgan fingerprint density at radius 1 is 0.500 bits per heavy atom. The molecular weight excluding hydrogens is 518 g/mol.